The molecule has 1 rings (SSSR count). The number of hydrogen-bond donors (Lipinski definition) is 1. The molecule has 10 heavy (non-hydrogen) atoms. The molecule has 1 aliphatic rings. The summed E-state index contributed by atoms with van der Waals surface area (Å²) in [5.41, 5.74) is 2.94. The van der Waals surface area contributed by atoms with Gasteiger partial charge in [0.05, 0.1) is 5.71 Å². The summed E-state index contributed by atoms with van der Waals surface area (Å²) in [6, 6.07) is 0. The summed E-state index contributed by atoms with van der Waals surface area (Å²) in [6.45, 7) is 1.72. The standard InChI is InChI=1S/C5H5N3OS/c1-3-4(10-2-6)5(9)8-7-3/h4H,1H3,(H,8,9). The lowest BCUT2D eigenvalue weighted by Crippen LogP contribution is -2.23. The molecule has 0 spiro atoms. The molecule has 0 saturated heterocycles. The largest absolute Gasteiger partial charge is 0.271 e. The molecule has 0 radical (unpaired) electrons. The van der Waals surface area contributed by atoms with Gasteiger partial charge in [-0.05, 0) is 18.7 Å². The smallest absolute Gasteiger partial charge is 0.260 e. The number of hydrazone groups is 1. The highest BCUT2D eigenvalue weighted by Gasteiger charge is 2.27. The number of rotatable bonds is 1. The third-order valence-electron chi connectivity index (χ3n) is 1.13. The number of carbonyl (C=O) groups is 1. The number of nitrogens with zero attached hydrogens (tertiary/aromatic N) is 2. The average Bonchev–Trinajstić information content (AvgIpc) is 2.20. The molecule has 1 aliphatic heterocycles. The summed E-state index contributed by atoms with van der Waals surface area (Å²) in [5, 5.41) is 13.3. The van der Waals surface area contributed by atoms with Crippen molar-refractivity contribution in [2.24, 2.45) is 5.10 Å². The van der Waals surface area contributed by atoms with Crippen LogP contribution in [0.25, 0.3) is 0 Å². The van der Waals surface area contributed by atoms with Gasteiger partial charge in [-0.2, -0.15) is 10.4 Å². The van der Waals surface area contributed by atoms with Gasteiger partial charge in [0, 0.05) is 0 Å². The highest BCUT2D eigenvalue weighted by Crippen LogP contribution is 2.14. The van der Waals surface area contributed by atoms with Gasteiger partial charge in [-0.25, -0.2) is 5.43 Å². The number of amides is 1. The van der Waals surface area contributed by atoms with Gasteiger partial charge in [0.25, 0.3) is 5.91 Å². The topological polar surface area (TPSA) is 65.2 Å². The fourth-order valence-electron chi connectivity index (χ4n) is 0.642. The van der Waals surface area contributed by atoms with Gasteiger partial charge in [0.2, 0.25) is 0 Å². The van der Waals surface area contributed by atoms with E-state index >= 15 is 0 Å². The number of hydrogen-bond acceptors (Lipinski definition) is 4. The zero-order chi connectivity index (χ0) is 7.56. The van der Waals surface area contributed by atoms with Crippen LogP contribution in [0.2, 0.25) is 0 Å². The highest BCUT2D eigenvalue weighted by molar-refractivity contribution is 8.05. The van der Waals surface area contributed by atoms with Crippen molar-refractivity contribution in [1.29, 1.82) is 5.26 Å². The molecule has 0 aromatic rings. The van der Waals surface area contributed by atoms with E-state index < -0.39 is 5.25 Å². The summed E-state index contributed by atoms with van der Waals surface area (Å²) < 4.78 is 0. The molecular weight excluding hydrogens is 150 g/mol. The molecule has 0 fully saturated rings. The predicted octanol–water partition coefficient (Wildman–Crippen LogP) is 0.0750. The van der Waals surface area contributed by atoms with Crippen LogP contribution in [0.3, 0.4) is 0 Å². The molecule has 5 heteroatoms. The van der Waals surface area contributed by atoms with Crippen molar-refractivity contribution >= 4 is 23.4 Å². The van der Waals surface area contributed by atoms with Gasteiger partial charge in [-0.3, -0.25) is 4.79 Å². The Hall–Kier alpha value is -1.02. The Morgan fingerprint density at radius 3 is 3.00 bits per heavy atom. The molecule has 0 aliphatic carbocycles. The summed E-state index contributed by atoms with van der Waals surface area (Å²) >= 11 is 0.918. The van der Waals surface area contributed by atoms with E-state index in [9.17, 15) is 4.79 Å². The molecule has 0 saturated carbocycles. The van der Waals surface area contributed by atoms with Crippen LogP contribution in [-0.4, -0.2) is 16.9 Å². The van der Waals surface area contributed by atoms with Crippen molar-refractivity contribution in [2.75, 3.05) is 0 Å². The minimum absolute atomic E-state index is 0.205. The molecule has 0 bridgehead atoms. The number of nitriles is 1. The van der Waals surface area contributed by atoms with Gasteiger partial charge in [-0.15, -0.1) is 0 Å². The van der Waals surface area contributed by atoms with Crippen LogP contribution in [-0.2, 0) is 4.79 Å². The first-order chi connectivity index (χ1) is 4.75. The first-order valence-electron chi connectivity index (χ1n) is 2.64. The van der Waals surface area contributed by atoms with E-state index in [2.05, 4.69) is 10.5 Å². The van der Waals surface area contributed by atoms with Crippen LogP contribution < -0.4 is 5.43 Å². The molecule has 52 valence electrons. The molecule has 1 unspecified atom stereocenters. The number of nitrogens with one attached hydrogen (secondary N) is 1. The van der Waals surface area contributed by atoms with E-state index in [1.54, 1.807) is 6.92 Å². The molecule has 1 heterocycles. The van der Waals surface area contributed by atoms with Gasteiger partial charge in [0.1, 0.15) is 10.7 Å². The Balaban J connectivity index is 2.67. The van der Waals surface area contributed by atoms with E-state index in [1.807, 2.05) is 5.40 Å². The Labute approximate surface area is 62.3 Å². The Kier molecular flexibility index (Phi) is 1.92. The average molecular weight is 155 g/mol. The fraction of sp³-hybridized carbons (Fsp3) is 0.400. The quantitative estimate of drug-likeness (QED) is 0.545. The molecule has 0 aromatic carbocycles. The lowest BCUT2D eigenvalue weighted by atomic mass is 10.3. The molecule has 0 aromatic heterocycles. The summed E-state index contributed by atoms with van der Waals surface area (Å²) in [4.78, 5) is 10.8. The SMILES string of the molecule is CC1=NNC(=O)C1SC#N. The van der Waals surface area contributed by atoms with E-state index in [0.717, 1.165) is 11.8 Å². The first kappa shape index (κ1) is 7.09. The van der Waals surface area contributed by atoms with Crippen molar-refractivity contribution in [3.05, 3.63) is 0 Å². The van der Waals surface area contributed by atoms with Crippen LogP contribution >= 0.6 is 11.8 Å². The zero-order valence-electron chi connectivity index (χ0n) is 5.29. The van der Waals surface area contributed by atoms with Crippen molar-refractivity contribution in [3.63, 3.8) is 0 Å². The van der Waals surface area contributed by atoms with Crippen LogP contribution in [0.1, 0.15) is 6.92 Å². The third-order valence-corrected chi connectivity index (χ3v) is 2.03. The van der Waals surface area contributed by atoms with Crippen molar-refractivity contribution in [3.8, 4) is 5.40 Å². The maximum Gasteiger partial charge on any atom is 0.260 e. The molecular formula is C5H5N3OS. The van der Waals surface area contributed by atoms with Crippen LogP contribution in [0.4, 0.5) is 0 Å². The normalized spacial score (nSPS) is 23.4. The van der Waals surface area contributed by atoms with E-state index in [-0.39, 0.29) is 5.91 Å². The lowest BCUT2D eigenvalue weighted by Gasteiger charge is -1.97. The van der Waals surface area contributed by atoms with Gasteiger partial charge in [-0.1, -0.05) is 0 Å². The molecule has 1 N–H and O–H groups in total. The Morgan fingerprint density at radius 2 is 2.60 bits per heavy atom. The van der Waals surface area contributed by atoms with Gasteiger partial charge in [0.15, 0.2) is 0 Å². The zero-order valence-corrected chi connectivity index (χ0v) is 6.10. The van der Waals surface area contributed by atoms with E-state index in [0.29, 0.717) is 5.71 Å². The summed E-state index contributed by atoms with van der Waals surface area (Å²) in [6.07, 6.45) is 0. The van der Waals surface area contributed by atoms with Crippen molar-refractivity contribution in [1.82, 2.24) is 5.43 Å². The second kappa shape index (κ2) is 2.71. The number of thioether (sulfide) groups is 1. The van der Waals surface area contributed by atoms with Crippen molar-refractivity contribution < 1.29 is 4.79 Å². The van der Waals surface area contributed by atoms with Crippen molar-refractivity contribution in [2.45, 2.75) is 12.2 Å². The third kappa shape index (κ3) is 1.11. The highest BCUT2D eigenvalue weighted by atomic mass is 32.2. The fourth-order valence-corrected chi connectivity index (χ4v) is 1.13. The Morgan fingerprint density at radius 1 is 1.90 bits per heavy atom. The molecule has 1 atom stereocenters. The van der Waals surface area contributed by atoms with Crippen LogP contribution in [0.15, 0.2) is 5.10 Å². The predicted molar refractivity (Wildman–Crippen MR) is 38.2 cm³/mol. The maximum atomic E-state index is 10.8. The van der Waals surface area contributed by atoms with Gasteiger partial charge < -0.3 is 0 Å². The second-order valence-electron chi connectivity index (χ2n) is 1.82. The number of thiocyanates is 1. The molecule has 1 amide bonds. The van der Waals surface area contributed by atoms with Gasteiger partial charge >= 0.3 is 0 Å². The minimum atomic E-state index is -0.398. The number of carbonyl (C=O) groups excluding carboxylic acids is 1. The monoisotopic (exact) mass is 155 g/mol. The maximum absolute atomic E-state index is 10.8. The van der Waals surface area contributed by atoms with E-state index in [4.69, 9.17) is 5.26 Å². The summed E-state index contributed by atoms with van der Waals surface area (Å²) in [7, 11) is 0. The summed E-state index contributed by atoms with van der Waals surface area (Å²) in [5.74, 6) is -0.205. The van der Waals surface area contributed by atoms with Crippen LogP contribution in [0, 0.1) is 10.7 Å². The molecule has 4 nitrogen and oxygen atoms in total. The second-order valence-corrected chi connectivity index (χ2v) is 2.71. The Bertz CT molecular complexity index is 230. The first-order valence-corrected chi connectivity index (χ1v) is 3.52. The van der Waals surface area contributed by atoms with E-state index in [1.165, 1.54) is 0 Å². The van der Waals surface area contributed by atoms with Crippen LogP contribution in [0.5, 0.6) is 0 Å². The lowest BCUT2D eigenvalue weighted by molar-refractivity contribution is -0.118. The minimum Gasteiger partial charge on any atom is -0.271 e.